The van der Waals surface area contributed by atoms with Gasteiger partial charge in [-0.2, -0.15) is 5.11 Å². The molecule has 2 heterocycles. The molecule has 0 saturated carbocycles. The number of amides is 2. The maximum absolute atomic E-state index is 12.8. The summed E-state index contributed by atoms with van der Waals surface area (Å²) < 4.78 is 0. The van der Waals surface area contributed by atoms with E-state index in [1.807, 2.05) is 30.3 Å². The number of halogens is 1. The summed E-state index contributed by atoms with van der Waals surface area (Å²) in [6.45, 7) is 0.418. The number of para-hydroxylation sites is 1. The molecule has 2 amide bonds. The van der Waals surface area contributed by atoms with Crippen molar-refractivity contribution in [3.05, 3.63) is 65.2 Å². The van der Waals surface area contributed by atoms with Crippen molar-refractivity contribution in [3.63, 3.8) is 0 Å². The van der Waals surface area contributed by atoms with E-state index in [0.29, 0.717) is 17.3 Å². The van der Waals surface area contributed by atoms with Crippen LogP contribution in [0.5, 0.6) is 0 Å². The first-order valence-corrected chi connectivity index (χ1v) is 7.88. The third kappa shape index (κ3) is 2.27. The number of hydrogen-bond acceptors (Lipinski definition) is 5. The molecule has 120 valence electrons. The molecule has 0 spiro atoms. The van der Waals surface area contributed by atoms with Crippen molar-refractivity contribution in [1.29, 1.82) is 0 Å². The van der Waals surface area contributed by atoms with Gasteiger partial charge in [-0.3, -0.25) is 14.6 Å². The number of hydrogen-bond donors (Lipinski definition) is 0. The van der Waals surface area contributed by atoms with Gasteiger partial charge < -0.3 is 0 Å². The summed E-state index contributed by atoms with van der Waals surface area (Å²) in [5.41, 5.74) is 1.38. The number of nitrogens with zero attached hydrogens (tertiary/aromatic N) is 4. The van der Waals surface area contributed by atoms with Crippen LogP contribution in [-0.4, -0.2) is 28.9 Å². The number of fused-ring (bicyclic) bond motifs is 1. The van der Waals surface area contributed by atoms with Crippen molar-refractivity contribution in [2.24, 2.45) is 10.3 Å². The summed E-state index contributed by atoms with van der Waals surface area (Å²) in [6, 6.07) is 14.9. The predicted molar refractivity (Wildman–Crippen MR) is 88.4 cm³/mol. The van der Waals surface area contributed by atoms with Gasteiger partial charge in [0.15, 0.2) is 12.1 Å². The highest BCUT2D eigenvalue weighted by molar-refractivity contribution is 6.36. The number of benzene rings is 2. The molecule has 1 fully saturated rings. The molecule has 0 unspecified atom stereocenters. The molecule has 2 aromatic rings. The summed E-state index contributed by atoms with van der Waals surface area (Å²) in [4.78, 5) is 26.6. The van der Waals surface area contributed by atoms with Gasteiger partial charge in [-0.05, 0) is 17.7 Å². The minimum absolute atomic E-state index is 0.348. The lowest BCUT2D eigenvalue weighted by Crippen LogP contribution is -2.39. The van der Waals surface area contributed by atoms with E-state index in [0.717, 1.165) is 10.5 Å². The van der Waals surface area contributed by atoms with Crippen LogP contribution in [0, 0.1) is 0 Å². The Balaban J connectivity index is 1.64. The molecule has 2 aromatic carbocycles. The molecule has 7 heteroatoms. The number of carbonyl (C=O) groups is 2. The van der Waals surface area contributed by atoms with E-state index in [1.54, 1.807) is 29.3 Å². The average Bonchev–Trinajstić information content (AvgIpc) is 3.10. The van der Waals surface area contributed by atoms with Gasteiger partial charge >= 0.3 is 0 Å². The topological polar surface area (TPSA) is 65.3 Å². The Morgan fingerprint density at radius 1 is 0.958 bits per heavy atom. The van der Waals surface area contributed by atoms with Crippen LogP contribution in [0.25, 0.3) is 0 Å². The Hall–Kier alpha value is -2.73. The molecule has 2 aliphatic rings. The molecule has 2 atom stereocenters. The van der Waals surface area contributed by atoms with Gasteiger partial charge in [-0.1, -0.05) is 59.3 Å². The van der Waals surface area contributed by atoms with Gasteiger partial charge in [-0.15, -0.1) is 0 Å². The van der Waals surface area contributed by atoms with Gasteiger partial charge in [0.25, 0.3) is 11.8 Å². The van der Waals surface area contributed by atoms with Crippen LogP contribution in [0.1, 0.15) is 5.56 Å². The van der Waals surface area contributed by atoms with Gasteiger partial charge in [0.1, 0.15) is 0 Å². The number of rotatable bonds is 3. The zero-order valence-corrected chi connectivity index (χ0v) is 13.3. The van der Waals surface area contributed by atoms with Crippen LogP contribution >= 0.6 is 11.6 Å². The Labute approximate surface area is 143 Å². The summed E-state index contributed by atoms with van der Waals surface area (Å²) in [6.07, 6.45) is 0. The second-order valence-electron chi connectivity index (χ2n) is 5.64. The highest BCUT2D eigenvalue weighted by atomic mass is 35.5. The van der Waals surface area contributed by atoms with Crippen LogP contribution < -0.4 is 4.90 Å². The van der Waals surface area contributed by atoms with Crippen LogP contribution in [0.2, 0.25) is 5.02 Å². The van der Waals surface area contributed by atoms with Crippen molar-refractivity contribution < 1.29 is 9.59 Å². The van der Waals surface area contributed by atoms with Gasteiger partial charge in [0, 0.05) is 0 Å². The Bertz CT molecular complexity index is 839. The van der Waals surface area contributed by atoms with Crippen LogP contribution in [0.3, 0.4) is 0 Å². The normalized spacial score (nSPS) is 22.4. The highest BCUT2D eigenvalue weighted by Gasteiger charge is 2.55. The molecule has 24 heavy (non-hydrogen) atoms. The van der Waals surface area contributed by atoms with Crippen molar-refractivity contribution in [1.82, 2.24) is 5.01 Å². The second kappa shape index (κ2) is 5.72. The Morgan fingerprint density at radius 3 is 2.42 bits per heavy atom. The molecular formula is C17H13ClN4O2. The molecule has 1 saturated heterocycles. The number of anilines is 1. The molecule has 4 rings (SSSR count). The molecule has 0 aliphatic carbocycles. The maximum Gasteiger partial charge on any atom is 0.263 e. The number of imide groups is 1. The van der Waals surface area contributed by atoms with Crippen molar-refractivity contribution in [2.75, 3.05) is 4.90 Å². The summed E-state index contributed by atoms with van der Waals surface area (Å²) in [7, 11) is 0. The average molecular weight is 341 g/mol. The van der Waals surface area contributed by atoms with E-state index < -0.39 is 18.0 Å². The molecule has 0 aromatic heterocycles. The third-order valence-corrected chi connectivity index (χ3v) is 4.46. The Kier molecular flexibility index (Phi) is 3.54. The zero-order valence-electron chi connectivity index (χ0n) is 12.5. The molecular weight excluding hydrogens is 328 g/mol. The minimum Gasteiger partial charge on any atom is -0.271 e. The van der Waals surface area contributed by atoms with E-state index in [9.17, 15) is 9.59 Å². The molecule has 0 N–H and O–H groups in total. The van der Waals surface area contributed by atoms with E-state index in [4.69, 9.17) is 11.6 Å². The quantitative estimate of drug-likeness (QED) is 0.807. The van der Waals surface area contributed by atoms with Gasteiger partial charge in [-0.25, -0.2) is 4.90 Å². The fraction of sp³-hybridized carbons (Fsp3) is 0.176. The van der Waals surface area contributed by atoms with E-state index in [-0.39, 0.29) is 5.91 Å². The fourth-order valence-corrected chi connectivity index (χ4v) is 3.22. The van der Waals surface area contributed by atoms with Crippen LogP contribution in [0.15, 0.2) is 64.9 Å². The lowest BCUT2D eigenvalue weighted by molar-refractivity contribution is -0.123. The SMILES string of the molecule is O=C1[C@H]2N=NN(Cc3ccccc3)[C@@H]2C(=O)N1c1ccccc1Cl. The maximum atomic E-state index is 12.8. The minimum atomic E-state index is -0.808. The summed E-state index contributed by atoms with van der Waals surface area (Å²) in [5.74, 6) is -0.739. The standard InChI is InChI=1S/C17H13ClN4O2/c18-12-8-4-5-9-13(12)22-16(23)14-15(17(22)24)21(20-19-14)10-11-6-2-1-3-7-11/h1-9,14-15H,10H2/t14-,15-/m0/s1. The van der Waals surface area contributed by atoms with Gasteiger partial charge in [0.2, 0.25) is 0 Å². The highest BCUT2D eigenvalue weighted by Crippen LogP contribution is 2.35. The van der Waals surface area contributed by atoms with Crippen molar-refractivity contribution in [2.45, 2.75) is 18.6 Å². The number of carbonyl (C=O) groups excluding carboxylic acids is 2. The molecule has 6 nitrogen and oxygen atoms in total. The van der Waals surface area contributed by atoms with Crippen molar-refractivity contribution in [3.8, 4) is 0 Å². The molecule has 0 bridgehead atoms. The first-order valence-electron chi connectivity index (χ1n) is 7.50. The lowest BCUT2D eigenvalue weighted by atomic mass is 10.1. The molecule has 2 aliphatic heterocycles. The predicted octanol–water partition coefficient (Wildman–Crippen LogP) is 2.83. The fourth-order valence-electron chi connectivity index (χ4n) is 2.99. The molecule has 0 radical (unpaired) electrons. The van der Waals surface area contributed by atoms with Crippen LogP contribution in [-0.2, 0) is 16.1 Å². The van der Waals surface area contributed by atoms with E-state index in [1.165, 1.54) is 0 Å². The summed E-state index contributed by atoms with van der Waals surface area (Å²) in [5, 5.41) is 9.95. The third-order valence-electron chi connectivity index (χ3n) is 4.14. The largest absolute Gasteiger partial charge is 0.271 e. The van der Waals surface area contributed by atoms with Crippen molar-refractivity contribution >= 4 is 29.1 Å². The van der Waals surface area contributed by atoms with Gasteiger partial charge in [0.05, 0.1) is 17.3 Å². The van der Waals surface area contributed by atoms with E-state index >= 15 is 0 Å². The zero-order chi connectivity index (χ0) is 16.7. The first kappa shape index (κ1) is 14.8. The smallest absolute Gasteiger partial charge is 0.263 e. The Morgan fingerprint density at radius 2 is 1.67 bits per heavy atom. The monoisotopic (exact) mass is 340 g/mol. The summed E-state index contributed by atoms with van der Waals surface area (Å²) >= 11 is 6.14. The first-order chi connectivity index (χ1) is 11.7. The van der Waals surface area contributed by atoms with Crippen LogP contribution in [0.4, 0.5) is 5.69 Å². The lowest BCUT2D eigenvalue weighted by Gasteiger charge is -2.21. The van der Waals surface area contributed by atoms with E-state index in [2.05, 4.69) is 10.3 Å². The second-order valence-corrected chi connectivity index (χ2v) is 6.05.